The van der Waals surface area contributed by atoms with Crippen molar-refractivity contribution in [3.05, 3.63) is 0 Å². The molecule has 0 aromatic heterocycles. The summed E-state index contributed by atoms with van der Waals surface area (Å²) in [5.74, 6) is -3.03. The first kappa shape index (κ1) is 13.0. The van der Waals surface area contributed by atoms with E-state index in [9.17, 15) is 14.7 Å². The summed E-state index contributed by atoms with van der Waals surface area (Å²) in [6.07, 6.45) is -4.26. The molecule has 92 valence electrons. The van der Waals surface area contributed by atoms with Gasteiger partial charge in [0.25, 0.3) is 0 Å². The van der Waals surface area contributed by atoms with Gasteiger partial charge in [-0.3, -0.25) is 9.63 Å². The van der Waals surface area contributed by atoms with Crippen molar-refractivity contribution in [3.63, 3.8) is 0 Å². The van der Waals surface area contributed by atoms with Crippen molar-refractivity contribution in [2.24, 2.45) is 0 Å². The second-order valence-corrected chi connectivity index (χ2v) is 3.14. The Morgan fingerprint density at radius 2 is 1.81 bits per heavy atom. The molecular formula is C8H13NO7. The molecule has 16 heavy (non-hydrogen) atoms. The molecule has 0 aromatic rings. The first-order valence-corrected chi connectivity index (χ1v) is 4.64. The molecule has 0 bridgehead atoms. The number of Topliss-reactive ketones (excluding diaryl/α,β-unsaturated/α-hetero) is 1. The Bertz CT molecular complexity index is 263. The van der Waals surface area contributed by atoms with Crippen molar-refractivity contribution >= 4 is 11.8 Å². The monoisotopic (exact) mass is 235 g/mol. The first-order chi connectivity index (χ1) is 7.52. The van der Waals surface area contributed by atoms with E-state index in [1.807, 2.05) is 0 Å². The standard InChI is InChI=1S/C8H13NO7/c10-5(7(12)13)6(11)8(14)16-9-1-3-15-4-2-9/h5,8,10,14H,1-4H2,(H,12,13). The van der Waals surface area contributed by atoms with E-state index >= 15 is 0 Å². The Hall–Kier alpha value is -1.06. The molecular weight excluding hydrogens is 222 g/mol. The van der Waals surface area contributed by atoms with Gasteiger partial charge >= 0.3 is 5.97 Å². The Labute approximate surface area is 90.9 Å². The van der Waals surface area contributed by atoms with Gasteiger partial charge in [-0.15, -0.1) is 0 Å². The van der Waals surface area contributed by atoms with Crippen molar-refractivity contribution in [3.8, 4) is 0 Å². The number of ether oxygens (including phenoxy) is 1. The average molecular weight is 235 g/mol. The molecule has 3 N–H and O–H groups in total. The Morgan fingerprint density at radius 1 is 1.25 bits per heavy atom. The third kappa shape index (κ3) is 3.51. The number of carbonyl (C=O) groups is 2. The summed E-state index contributed by atoms with van der Waals surface area (Å²) >= 11 is 0. The van der Waals surface area contributed by atoms with Crippen molar-refractivity contribution in [2.75, 3.05) is 26.3 Å². The predicted octanol–water partition coefficient (Wildman–Crippen LogP) is -2.42. The molecule has 0 spiro atoms. The predicted molar refractivity (Wildman–Crippen MR) is 48.1 cm³/mol. The summed E-state index contributed by atoms with van der Waals surface area (Å²) in [5.41, 5.74) is 0. The number of aliphatic hydroxyl groups excluding tert-OH is 2. The van der Waals surface area contributed by atoms with Crippen LogP contribution in [0.15, 0.2) is 0 Å². The summed E-state index contributed by atoms with van der Waals surface area (Å²) in [6.45, 7) is 1.49. The van der Waals surface area contributed by atoms with Crippen molar-refractivity contribution in [1.29, 1.82) is 0 Å². The van der Waals surface area contributed by atoms with E-state index in [-0.39, 0.29) is 0 Å². The van der Waals surface area contributed by atoms with E-state index in [2.05, 4.69) is 0 Å². The molecule has 1 rings (SSSR count). The number of morpholine rings is 1. The zero-order valence-corrected chi connectivity index (χ0v) is 8.40. The van der Waals surface area contributed by atoms with Gasteiger partial charge in [0.2, 0.25) is 18.2 Å². The molecule has 1 heterocycles. The van der Waals surface area contributed by atoms with Gasteiger partial charge in [0.1, 0.15) is 0 Å². The fraction of sp³-hybridized carbons (Fsp3) is 0.750. The van der Waals surface area contributed by atoms with Crippen molar-refractivity contribution in [1.82, 2.24) is 5.06 Å². The lowest BCUT2D eigenvalue weighted by Crippen LogP contribution is -2.45. The smallest absolute Gasteiger partial charge is 0.340 e. The zero-order valence-electron chi connectivity index (χ0n) is 8.40. The quantitative estimate of drug-likeness (QED) is 0.356. The van der Waals surface area contributed by atoms with Crippen LogP contribution in [0.5, 0.6) is 0 Å². The number of carboxylic acids is 1. The number of rotatable bonds is 5. The van der Waals surface area contributed by atoms with Crippen LogP contribution in [0.3, 0.4) is 0 Å². The molecule has 2 atom stereocenters. The van der Waals surface area contributed by atoms with Crippen molar-refractivity contribution < 1.29 is 34.5 Å². The van der Waals surface area contributed by atoms with Crippen LogP contribution in [-0.2, 0) is 19.2 Å². The van der Waals surface area contributed by atoms with E-state index in [0.717, 1.165) is 0 Å². The SMILES string of the molecule is O=C(O)C(O)C(=O)C(O)ON1CCOCC1. The highest BCUT2D eigenvalue weighted by Gasteiger charge is 2.31. The molecule has 1 aliphatic rings. The Balaban J connectivity index is 2.41. The molecule has 1 fully saturated rings. The maximum atomic E-state index is 11.1. The van der Waals surface area contributed by atoms with Gasteiger partial charge in [-0.05, 0) is 0 Å². The number of ketones is 1. The zero-order chi connectivity index (χ0) is 12.1. The summed E-state index contributed by atoms with van der Waals surface area (Å²) in [6, 6.07) is 0. The summed E-state index contributed by atoms with van der Waals surface area (Å²) in [4.78, 5) is 26.1. The number of hydrogen-bond donors (Lipinski definition) is 3. The summed E-state index contributed by atoms with van der Waals surface area (Å²) < 4.78 is 5.00. The van der Waals surface area contributed by atoms with Gasteiger partial charge in [-0.1, -0.05) is 0 Å². The number of aliphatic hydroxyl groups is 2. The van der Waals surface area contributed by atoms with Crippen molar-refractivity contribution in [2.45, 2.75) is 12.4 Å². The molecule has 0 aromatic carbocycles. The van der Waals surface area contributed by atoms with Crippen LogP contribution in [0.2, 0.25) is 0 Å². The third-order valence-electron chi connectivity index (χ3n) is 1.97. The van der Waals surface area contributed by atoms with Crippen LogP contribution in [0.1, 0.15) is 0 Å². The maximum Gasteiger partial charge on any atom is 0.340 e. The average Bonchev–Trinajstić information content (AvgIpc) is 2.28. The van der Waals surface area contributed by atoms with Crippen LogP contribution >= 0.6 is 0 Å². The minimum atomic E-state index is -2.28. The van der Waals surface area contributed by atoms with E-state index in [0.29, 0.717) is 26.3 Å². The fourth-order valence-electron chi connectivity index (χ4n) is 1.10. The van der Waals surface area contributed by atoms with Gasteiger partial charge in [-0.2, -0.15) is 5.06 Å². The van der Waals surface area contributed by atoms with Crippen LogP contribution < -0.4 is 0 Å². The fourth-order valence-corrected chi connectivity index (χ4v) is 1.10. The Morgan fingerprint density at radius 3 is 2.31 bits per heavy atom. The van der Waals surface area contributed by atoms with Gasteiger partial charge in [-0.25, -0.2) is 4.79 Å². The first-order valence-electron chi connectivity index (χ1n) is 4.64. The largest absolute Gasteiger partial charge is 0.479 e. The third-order valence-corrected chi connectivity index (χ3v) is 1.97. The van der Waals surface area contributed by atoms with E-state index in [1.165, 1.54) is 5.06 Å². The second-order valence-electron chi connectivity index (χ2n) is 3.14. The molecule has 1 aliphatic heterocycles. The lowest BCUT2D eigenvalue weighted by atomic mass is 10.2. The van der Waals surface area contributed by atoms with Crippen LogP contribution in [0, 0.1) is 0 Å². The lowest BCUT2D eigenvalue weighted by molar-refractivity contribution is -0.273. The van der Waals surface area contributed by atoms with Gasteiger partial charge < -0.3 is 20.1 Å². The van der Waals surface area contributed by atoms with E-state index in [1.54, 1.807) is 0 Å². The van der Waals surface area contributed by atoms with Crippen LogP contribution in [0.25, 0.3) is 0 Å². The Kier molecular flexibility index (Phi) is 4.77. The second kappa shape index (κ2) is 5.87. The van der Waals surface area contributed by atoms with E-state index < -0.39 is 24.1 Å². The maximum absolute atomic E-state index is 11.1. The number of aliphatic carboxylic acids is 1. The molecule has 0 aliphatic carbocycles. The van der Waals surface area contributed by atoms with Gasteiger partial charge in [0.15, 0.2) is 0 Å². The highest BCUT2D eigenvalue weighted by atomic mass is 16.8. The molecule has 8 heteroatoms. The molecule has 0 amide bonds. The van der Waals surface area contributed by atoms with Gasteiger partial charge in [0, 0.05) is 13.1 Å². The van der Waals surface area contributed by atoms with Crippen LogP contribution in [-0.4, -0.2) is 70.8 Å². The molecule has 0 saturated carbocycles. The highest BCUT2D eigenvalue weighted by Crippen LogP contribution is 2.03. The highest BCUT2D eigenvalue weighted by molar-refractivity contribution is 6.02. The van der Waals surface area contributed by atoms with E-state index in [4.69, 9.17) is 19.8 Å². The molecule has 2 unspecified atom stereocenters. The number of carboxylic acid groups (broad SMARTS) is 1. The van der Waals surface area contributed by atoms with Crippen LogP contribution in [0.4, 0.5) is 0 Å². The van der Waals surface area contributed by atoms with Gasteiger partial charge in [0.05, 0.1) is 13.2 Å². The summed E-state index contributed by atoms with van der Waals surface area (Å²) in [7, 11) is 0. The molecule has 0 radical (unpaired) electrons. The number of hydroxylamine groups is 2. The number of hydrogen-bond acceptors (Lipinski definition) is 7. The molecule has 8 nitrogen and oxygen atoms in total. The topological polar surface area (TPSA) is 117 Å². The molecule has 1 saturated heterocycles. The normalized spacial score (nSPS) is 21.4. The summed E-state index contributed by atoms with van der Waals surface area (Å²) in [5, 5.41) is 27.7. The number of carbonyl (C=O) groups excluding carboxylic acids is 1. The lowest BCUT2D eigenvalue weighted by Gasteiger charge is -2.27. The number of nitrogens with zero attached hydrogens (tertiary/aromatic N) is 1. The minimum absolute atomic E-state index is 0.355. The minimum Gasteiger partial charge on any atom is -0.479 e.